The molecule has 4 fully saturated rings. The molecule has 2 heterocycles. The lowest BCUT2D eigenvalue weighted by atomic mass is 9.43. The minimum absolute atomic E-state index is 0.0122. The van der Waals surface area contributed by atoms with E-state index in [4.69, 9.17) is 9.97 Å². The molecule has 9 aromatic rings. The molecule has 4 bridgehead atoms. The average Bonchev–Trinajstić information content (AvgIpc) is 3.75. The normalized spacial score (nSPS) is 23.5. The minimum atomic E-state index is -1.18. The first-order chi connectivity index (χ1) is 30.9. The zero-order valence-electron chi connectivity index (χ0n) is 35.8. The van der Waals surface area contributed by atoms with Gasteiger partial charge in [0.05, 0.1) is 11.2 Å². The molecule has 2 nitrogen and oxygen atoms in total. The van der Waals surface area contributed by atoms with E-state index >= 15 is 0 Å². The Bertz CT molecular complexity index is 3370. The van der Waals surface area contributed by atoms with E-state index in [9.17, 15) is 0 Å². The van der Waals surface area contributed by atoms with Gasteiger partial charge in [-0.15, -0.1) is 0 Å². The van der Waals surface area contributed by atoms with Gasteiger partial charge in [-0.1, -0.05) is 146 Å². The summed E-state index contributed by atoms with van der Waals surface area (Å²) in [5, 5.41) is 3.44. The molecular weight excluding hydrogens is 781 g/mol. The zero-order chi connectivity index (χ0) is 41.6. The molecule has 0 radical (unpaired) electrons. The molecule has 4 saturated carbocycles. The Morgan fingerprint density at radius 2 is 1.13 bits per heavy atom. The van der Waals surface area contributed by atoms with E-state index in [-0.39, 0.29) is 5.41 Å². The molecule has 0 saturated heterocycles. The van der Waals surface area contributed by atoms with Crippen LogP contribution in [0.3, 0.4) is 0 Å². The molecule has 0 atom stereocenters. The first-order valence-electron chi connectivity index (χ1n) is 23.1. The fraction of sp³-hybridized carbons (Fsp3) is 0.200. The lowest BCUT2D eigenvalue weighted by Crippen LogP contribution is -2.55. The second-order valence-electron chi connectivity index (χ2n) is 19.7. The van der Waals surface area contributed by atoms with Crippen molar-refractivity contribution in [3.05, 3.63) is 181 Å². The largest absolute Gasteiger partial charge is 0.227 e. The summed E-state index contributed by atoms with van der Waals surface area (Å²) < 4.78 is 0. The third kappa shape index (κ3) is 4.98. The predicted octanol–water partition coefficient (Wildman–Crippen LogP) is 15.6. The standard InChI is InChI=1S/C60H48N2S/c1-63(2)55-22-11-10-18-48(55)50-21-12-20-46(58(50)63)40-25-28-53-52(34-40)47-26-24-41(35-54(47)60(53)42-30-36-29-37(32-42)33-43(60)31-36)59-61-56-45-17-7-6-15-39(45)23-27-51(56)57(62-59)49-19-9-8-16-44(49)38-13-4-3-5-14-38/h3-28,34-37,42-43H,29-33H2,1-2H3. The Morgan fingerprint density at radius 3 is 1.95 bits per heavy atom. The van der Waals surface area contributed by atoms with Crippen LogP contribution >= 0.6 is 10.0 Å². The summed E-state index contributed by atoms with van der Waals surface area (Å²) in [6.07, 6.45) is 11.8. The van der Waals surface area contributed by atoms with Gasteiger partial charge in [0.1, 0.15) is 0 Å². The number of nitrogens with zero attached hydrogens (tertiary/aromatic N) is 2. The molecule has 1 aromatic heterocycles. The van der Waals surface area contributed by atoms with Crippen LogP contribution in [0.2, 0.25) is 0 Å². The van der Waals surface area contributed by atoms with Gasteiger partial charge in [0.2, 0.25) is 0 Å². The Labute approximate surface area is 371 Å². The van der Waals surface area contributed by atoms with Gasteiger partial charge in [0, 0.05) is 37.1 Å². The highest BCUT2D eigenvalue weighted by molar-refractivity contribution is 8.33. The Kier molecular flexibility index (Phi) is 7.55. The van der Waals surface area contributed by atoms with Gasteiger partial charge in [-0.05, 0) is 154 Å². The average molecular weight is 829 g/mol. The summed E-state index contributed by atoms with van der Waals surface area (Å²) in [5.74, 6) is 3.86. The Balaban J connectivity index is 0.989. The van der Waals surface area contributed by atoms with E-state index in [1.54, 1.807) is 5.56 Å². The van der Waals surface area contributed by atoms with Gasteiger partial charge in [-0.25, -0.2) is 9.97 Å². The molecule has 0 N–H and O–H groups in total. The van der Waals surface area contributed by atoms with E-state index in [0.29, 0.717) is 11.8 Å². The van der Waals surface area contributed by atoms with Crippen molar-refractivity contribution in [3.63, 3.8) is 0 Å². The summed E-state index contributed by atoms with van der Waals surface area (Å²) in [5.41, 5.74) is 18.2. The summed E-state index contributed by atoms with van der Waals surface area (Å²) in [4.78, 5) is 14.3. The van der Waals surface area contributed by atoms with Crippen molar-refractivity contribution in [2.75, 3.05) is 12.5 Å². The second-order valence-corrected chi connectivity index (χ2v) is 23.2. The van der Waals surface area contributed by atoms with Gasteiger partial charge >= 0.3 is 0 Å². The van der Waals surface area contributed by atoms with Crippen LogP contribution in [0.4, 0.5) is 0 Å². The van der Waals surface area contributed by atoms with Crippen molar-refractivity contribution in [1.29, 1.82) is 0 Å². The van der Waals surface area contributed by atoms with Crippen LogP contribution in [0, 0.1) is 23.7 Å². The van der Waals surface area contributed by atoms with E-state index in [2.05, 4.69) is 182 Å². The number of rotatable bonds is 4. The molecule has 15 rings (SSSR count). The summed E-state index contributed by atoms with van der Waals surface area (Å²) in [7, 11) is -1.18. The van der Waals surface area contributed by atoms with E-state index in [0.717, 1.165) is 50.8 Å². The third-order valence-corrected chi connectivity index (χ3v) is 19.2. The third-order valence-electron chi connectivity index (χ3n) is 16.3. The van der Waals surface area contributed by atoms with Crippen LogP contribution in [-0.2, 0) is 5.41 Å². The fourth-order valence-electron chi connectivity index (χ4n) is 14.0. The van der Waals surface area contributed by atoms with Gasteiger partial charge in [-0.2, -0.15) is 10.0 Å². The first-order valence-corrected chi connectivity index (χ1v) is 25.5. The molecule has 304 valence electrons. The van der Waals surface area contributed by atoms with Crippen LogP contribution < -0.4 is 0 Å². The lowest BCUT2D eigenvalue weighted by Gasteiger charge is -2.61. The molecule has 0 unspecified atom stereocenters. The maximum absolute atomic E-state index is 5.64. The lowest BCUT2D eigenvalue weighted by molar-refractivity contribution is -0.0399. The van der Waals surface area contributed by atoms with Crippen molar-refractivity contribution >= 4 is 31.7 Å². The molecule has 6 aliphatic rings. The van der Waals surface area contributed by atoms with Crippen LogP contribution in [0.15, 0.2) is 180 Å². The SMILES string of the molecule is CS1(C)c2ccccc2-c2cccc(-c3ccc4c(c3)-c3ccc(-c5nc(-c6ccccc6-c6ccccc6)c6ccc7ccccc7c6n5)cc3C43C4CC5CC(C4)CC3C5)c21. The van der Waals surface area contributed by atoms with Gasteiger partial charge in [0.15, 0.2) is 5.82 Å². The van der Waals surface area contributed by atoms with E-state index < -0.39 is 10.0 Å². The van der Waals surface area contributed by atoms with Gasteiger partial charge < -0.3 is 0 Å². The zero-order valence-corrected chi connectivity index (χ0v) is 36.6. The van der Waals surface area contributed by atoms with E-state index in [1.807, 2.05) is 0 Å². The minimum Gasteiger partial charge on any atom is -0.227 e. The van der Waals surface area contributed by atoms with Crippen molar-refractivity contribution in [2.45, 2.75) is 47.3 Å². The number of fused-ring (bicyclic) bond motifs is 9. The Morgan fingerprint density at radius 1 is 0.444 bits per heavy atom. The highest BCUT2D eigenvalue weighted by atomic mass is 32.3. The second kappa shape index (κ2) is 13.1. The maximum Gasteiger partial charge on any atom is 0.160 e. The molecule has 0 amide bonds. The van der Waals surface area contributed by atoms with Crippen LogP contribution in [0.25, 0.3) is 88.8 Å². The van der Waals surface area contributed by atoms with Crippen LogP contribution in [0.1, 0.15) is 43.2 Å². The summed E-state index contributed by atoms with van der Waals surface area (Å²) in [6, 6.07) is 63.9. The van der Waals surface area contributed by atoms with Gasteiger partial charge in [0.25, 0.3) is 0 Å². The summed E-state index contributed by atoms with van der Waals surface area (Å²) >= 11 is 0. The molecule has 1 spiro atoms. The number of benzene rings is 8. The topological polar surface area (TPSA) is 25.8 Å². The van der Waals surface area contributed by atoms with Crippen molar-refractivity contribution < 1.29 is 0 Å². The quantitative estimate of drug-likeness (QED) is 0.165. The van der Waals surface area contributed by atoms with Crippen LogP contribution in [0.5, 0.6) is 0 Å². The highest BCUT2D eigenvalue weighted by Crippen LogP contribution is 2.71. The maximum atomic E-state index is 5.64. The fourth-order valence-corrected chi connectivity index (χ4v) is 16.9. The van der Waals surface area contributed by atoms with Crippen LogP contribution in [-0.4, -0.2) is 22.5 Å². The summed E-state index contributed by atoms with van der Waals surface area (Å²) in [6.45, 7) is 0. The number of hydrogen-bond acceptors (Lipinski definition) is 2. The van der Waals surface area contributed by atoms with Crippen molar-refractivity contribution in [1.82, 2.24) is 9.97 Å². The van der Waals surface area contributed by atoms with Crippen molar-refractivity contribution in [2.24, 2.45) is 23.7 Å². The molecule has 63 heavy (non-hydrogen) atoms. The Hall–Kier alpha value is -6.29. The highest BCUT2D eigenvalue weighted by Gasteiger charge is 2.61. The monoisotopic (exact) mass is 828 g/mol. The molecule has 3 heteroatoms. The van der Waals surface area contributed by atoms with Gasteiger partial charge in [-0.3, -0.25) is 0 Å². The smallest absolute Gasteiger partial charge is 0.160 e. The molecule has 8 aromatic carbocycles. The molecule has 5 aliphatic carbocycles. The molecule has 1 aliphatic heterocycles. The number of hydrogen-bond donors (Lipinski definition) is 0. The first kappa shape index (κ1) is 36.2. The molecular formula is C60H48N2S. The van der Waals surface area contributed by atoms with E-state index in [1.165, 1.54) is 97.4 Å². The predicted molar refractivity (Wildman–Crippen MR) is 263 cm³/mol. The van der Waals surface area contributed by atoms with Crippen molar-refractivity contribution in [3.8, 4) is 67.2 Å². The number of aromatic nitrogens is 2.